The highest BCUT2D eigenvalue weighted by Gasteiger charge is 2.24. The Labute approximate surface area is 107 Å². The first kappa shape index (κ1) is 12.9. The number of benzene rings is 2. The van der Waals surface area contributed by atoms with Gasteiger partial charge in [-0.15, -0.1) is 0 Å². The second kappa shape index (κ2) is 4.97. The molecule has 0 radical (unpaired) electrons. The van der Waals surface area contributed by atoms with Gasteiger partial charge < -0.3 is 9.42 Å². The van der Waals surface area contributed by atoms with Crippen molar-refractivity contribution >= 4 is 12.9 Å². The van der Waals surface area contributed by atoms with Crippen molar-refractivity contribution in [1.29, 1.82) is 0 Å². The molecule has 94 valence electrons. The van der Waals surface area contributed by atoms with E-state index in [1.165, 1.54) is 0 Å². The fraction of sp³-hybridized carbons (Fsp3) is 0.143. The van der Waals surface area contributed by atoms with Crippen LogP contribution in [0.3, 0.4) is 0 Å². The van der Waals surface area contributed by atoms with Crippen LogP contribution < -0.4 is 9.83 Å². The van der Waals surface area contributed by atoms with E-state index in [1.807, 2.05) is 26.0 Å². The maximum atomic E-state index is 12.2. The van der Waals surface area contributed by atoms with Gasteiger partial charge in [0.05, 0.1) is 5.30 Å². The van der Waals surface area contributed by atoms with Crippen molar-refractivity contribution in [1.82, 2.24) is 0 Å². The minimum Gasteiger partial charge on any atom is -0.421 e. The molecule has 2 aromatic rings. The van der Waals surface area contributed by atoms with Gasteiger partial charge in [-0.1, -0.05) is 35.9 Å². The Morgan fingerprint density at radius 2 is 1.72 bits per heavy atom. The fourth-order valence-corrected chi connectivity index (χ4v) is 2.83. The third kappa shape index (κ3) is 2.81. The second-order valence-corrected chi connectivity index (χ2v) is 5.96. The first-order chi connectivity index (χ1) is 8.49. The minimum atomic E-state index is -3.81. The van der Waals surface area contributed by atoms with E-state index in [9.17, 15) is 9.46 Å². The molecule has 1 N–H and O–H groups in total. The molecule has 1 unspecified atom stereocenters. The van der Waals surface area contributed by atoms with Gasteiger partial charge in [0.1, 0.15) is 5.75 Å². The van der Waals surface area contributed by atoms with Crippen LogP contribution in [0.4, 0.5) is 0 Å². The largest absolute Gasteiger partial charge is 0.421 e. The lowest BCUT2D eigenvalue weighted by molar-refractivity contribution is 0.392. The molecule has 3 nitrogen and oxygen atoms in total. The summed E-state index contributed by atoms with van der Waals surface area (Å²) in [6.45, 7) is 3.82. The molecule has 0 aliphatic carbocycles. The SMILES string of the molecule is Cc1ccc(OP(=O)(O)c2ccccc2)c(C)c1. The Hall–Kier alpha value is -1.57. The van der Waals surface area contributed by atoms with Crippen LogP contribution in [0.5, 0.6) is 5.75 Å². The van der Waals surface area contributed by atoms with Crippen molar-refractivity contribution in [2.75, 3.05) is 0 Å². The normalized spacial score (nSPS) is 13.9. The summed E-state index contributed by atoms with van der Waals surface area (Å²) in [6.07, 6.45) is 0. The monoisotopic (exact) mass is 262 g/mol. The smallest absolute Gasteiger partial charge is 0.408 e. The second-order valence-electron chi connectivity index (χ2n) is 4.22. The highest BCUT2D eigenvalue weighted by molar-refractivity contribution is 7.61. The first-order valence-electron chi connectivity index (χ1n) is 5.64. The van der Waals surface area contributed by atoms with Crippen molar-refractivity contribution in [2.24, 2.45) is 0 Å². The quantitative estimate of drug-likeness (QED) is 0.864. The molecule has 0 saturated carbocycles. The summed E-state index contributed by atoms with van der Waals surface area (Å²) in [5.74, 6) is 0.440. The number of aryl methyl sites for hydroxylation is 2. The molecule has 0 bridgehead atoms. The Kier molecular flexibility index (Phi) is 3.55. The van der Waals surface area contributed by atoms with Crippen LogP contribution in [0.1, 0.15) is 11.1 Å². The zero-order chi connectivity index (χ0) is 13.2. The molecule has 4 heteroatoms. The molecule has 0 saturated heterocycles. The first-order valence-corrected chi connectivity index (χ1v) is 7.22. The van der Waals surface area contributed by atoms with Crippen LogP contribution in [0, 0.1) is 13.8 Å². The molecule has 0 heterocycles. The average molecular weight is 262 g/mol. The van der Waals surface area contributed by atoms with Gasteiger partial charge in [0.2, 0.25) is 0 Å². The van der Waals surface area contributed by atoms with Gasteiger partial charge in [-0.2, -0.15) is 0 Å². The molecule has 0 aromatic heterocycles. The fourth-order valence-electron chi connectivity index (χ4n) is 1.70. The maximum absolute atomic E-state index is 12.2. The molecule has 0 spiro atoms. The number of hydrogen-bond acceptors (Lipinski definition) is 2. The molecule has 1 atom stereocenters. The summed E-state index contributed by atoms with van der Waals surface area (Å²) in [5, 5.41) is 0.296. The lowest BCUT2D eigenvalue weighted by Crippen LogP contribution is -2.08. The van der Waals surface area contributed by atoms with Gasteiger partial charge >= 0.3 is 7.60 Å². The van der Waals surface area contributed by atoms with Crippen molar-refractivity contribution in [3.8, 4) is 5.75 Å². The summed E-state index contributed by atoms with van der Waals surface area (Å²) in [4.78, 5) is 9.97. The van der Waals surface area contributed by atoms with Gasteiger partial charge in [0, 0.05) is 0 Å². The van der Waals surface area contributed by atoms with Gasteiger partial charge in [-0.05, 0) is 37.6 Å². The van der Waals surface area contributed by atoms with Gasteiger partial charge in [-0.3, -0.25) is 0 Å². The van der Waals surface area contributed by atoms with Crippen LogP contribution in [-0.2, 0) is 4.57 Å². The van der Waals surface area contributed by atoms with Crippen molar-refractivity contribution in [3.63, 3.8) is 0 Å². The average Bonchev–Trinajstić information content (AvgIpc) is 2.34. The van der Waals surface area contributed by atoms with Gasteiger partial charge in [-0.25, -0.2) is 4.57 Å². The Morgan fingerprint density at radius 1 is 1.06 bits per heavy atom. The third-order valence-electron chi connectivity index (χ3n) is 2.64. The highest BCUT2D eigenvalue weighted by atomic mass is 31.2. The number of hydrogen-bond donors (Lipinski definition) is 1. The lowest BCUT2D eigenvalue weighted by Gasteiger charge is -2.15. The minimum absolute atomic E-state index is 0.296. The summed E-state index contributed by atoms with van der Waals surface area (Å²) < 4.78 is 17.4. The van der Waals surface area contributed by atoms with Crippen LogP contribution in [0.25, 0.3) is 0 Å². The van der Waals surface area contributed by atoms with E-state index in [1.54, 1.807) is 36.4 Å². The molecular formula is C14H15O3P. The van der Waals surface area contributed by atoms with E-state index in [0.717, 1.165) is 11.1 Å². The summed E-state index contributed by atoms with van der Waals surface area (Å²) in [7, 11) is -3.81. The number of rotatable bonds is 3. The van der Waals surface area contributed by atoms with E-state index in [0.29, 0.717) is 11.1 Å². The van der Waals surface area contributed by atoms with E-state index in [4.69, 9.17) is 4.52 Å². The van der Waals surface area contributed by atoms with Gasteiger partial charge in [0.25, 0.3) is 0 Å². The Balaban J connectivity index is 2.31. The zero-order valence-electron chi connectivity index (χ0n) is 10.3. The highest BCUT2D eigenvalue weighted by Crippen LogP contribution is 2.42. The van der Waals surface area contributed by atoms with Crippen molar-refractivity contribution in [3.05, 3.63) is 59.7 Å². The maximum Gasteiger partial charge on any atom is 0.408 e. The van der Waals surface area contributed by atoms with Crippen LogP contribution >= 0.6 is 7.60 Å². The predicted molar refractivity (Wildman–Crippen MR) is 72.4 cm³/mol. The molecule has 0 fully saturated rings. The Bertz CT molecular complexity index is 593. The van der Waals surface area contributed by atoms with Gasteiger partial charge in [0.15, 0.2) is 0 Å². The summed E-state index contributed by atoms with van der Waals surface area (Å²) in [6, 6.07) is 13.9. The molecule has 18 heavy (non-hydrogen) atoms. The van der Waals surface area contributed by atoms with Crippen molar-refractivity contribution < 1.29 is 14.0 Å². The Morgan fingerprint density at radius 3 is 2.33 bits per heavy atom. The van der Waals surface area contributed by atoms with E-state index >= 15 is 0 Å². The molecule has 0 amide bonds. The van der Waals surface area contributed by atoms with E-state index < -0.39 is 7.60 Å². The predicted octanol–water partition coefficient (Wildman–Crippen LogP) is 3.19. The molecule has 2 rings (SSSR count). The topological polar surface area (TPSA) is 46.5 Å². The summed E-state index contributed by atoms with van der Waals surface area (Å²) in [5.41, 5.74) is 1.94. The van der Waals surface area contributed by atoms with E-state index in [-0.39, 0.29) is 0 Å². The van der Waals surface area contributed by atoms with E-state index in [2.05, 4.69) is 0 Å². The molecule has 0 aliphatic rings. The molecular weight excluding hydrogens is 247 g/mol. The van der Waals surface area contributed by atoms with Crippen LogP contribution in [0.15, 0.2) is 48.5 Å². The molecule has 2 aromatic carbocycles. The molecule has 0 aliphatic heterocycles. The third-order valence-corrected chi connectivity index (χ3v) is 4.03. The van der Waals surface area contributed by atoms with Crippen LogP contribution in [0.2, 0.25) is 0 Å². The standard InChI is InChI=1S/C14H15O3P/c1-11-8-9-14(12(2)10-11)17-18(15,16)13-6-4-3-5-7-13/h3-10H,1-2H3,(H,15,16). The van der Waals surface area contributed by atoms with Crippen LogP contribution in [-0.4, -0.2) is 4.89 Å². The van der Waals surface area contributed by atoms with Crippen molar-refractivity contribution in [2.45, 2.75) is 13.8 Å². The lowest BCUT2D eigenvalue weighted by atomic mass is 10.1. The summed E-state index contributed by atoms with van der Waals surface area (Å²) >= 11 is 0. The zero-order valence-corrected chi connectivity index (χ0v) is 11.2.